The molecule has 7 nitrogen and oxygen atoms in total. The number of carbonyl (C=O) groups is 2. The number of ether oxygens (including phenoxy) is 2. The molecular formula is C28H28N2O5. The third-order valence-electron chi connectivity index (χ3n) is 6.66. The number of rotatable bonds is 7. The molecule has 1 fully saturated rings. The monoisotopic (exact) mass is 472 g/mol. The quantitative estimate of drug-likeness (QED) is 0.629. The zero-order chi connectivity index (χ0) is 24.2. The van der Waals surface area contributed by atoms with Gasteiger partial charge in [0.2, 0.25) is 0 Å². The Morgan fingerprint density at radius 3 is 2.63 bits per heavy atom. The van der Waals surface area contributed by atoms with Gasteiger partial charge < -0.3 is 19.9 Å². The summed E-state index contributed by atoms with van der Waals surface area (Å²) in [4.78, 5) is 29.9. The van der Waals surface area contributed by atoms with Crippen LogP contribution in [0, 0.1) is 5.92 Å². The summed E-state index contributed by atoms with van der Waals surface area (Å²) in [6.07, 6.45) is 4.22. The number of aliphatic imine (C=N–C) groups is 1. The summed E-state index contributed by atoms with van der Waals surface area (Å²) in [5.41, 5.74) is 3.63. The van der Waals surface area contributed by atoms with E-state index in [2.05, 4.69) is 10.3 Å². The van der Waals surface area contributed by atoms with Crippen LogP contribution in [0.3, 0.4) is 0 Å². The third-order valence-corrected chi connectivity index (χ3v) is 6.66. The Morgan fingerprint density at radius 1 is 1.11 bits per heavy atom. The van der Waals surface area contributed by atoms with E-state index in [-0.39, 0.29) is 17.5 Å². The minimum atomic E-state index is -1.09. The van der Waals surface area contributed by atoms with Gasteiger partial charge >= 0.3 is 5.97 Å². The van der Waals surface area contributed by atoms with Gasteiger partial charge in [-0.05, 0) is 54.7 Å². The van der Waals surface area contributed by atoms with E-state index < -0.39 is 11.9 Å². The van der Waals surface area contributed by atoms with Gasteiger partial charge in [-0.1, -0.05) is 30.3 Å². The highest BCUT2D eigenvalue weighted by Crippen LogP contribution is 2.37. The largest absolute Gasteiger partial charge is 0.489 e. The first kappa shape index (κ1) is 23.1. The summed E-state index contributed by atoms with van der Waals surface area (Å²) in [6.45, 7) is 1.57. The van der Waals surface area contributed by atoms with E-state index in [1.807, 2.05) is 54.6 Å². The number of carboxylic acids is 1. The number of allylic oxidation sites excluding steroid dienone is 1. The predicted molar refractivity (Wildman–Crippen MR) is 132 cm³/mol. The van der Waals surface area contributed by atoms with Crippen molar-refractivity contribution in [3.8, 4) is 5.75 Å². The van der Waals surface area contributed by atoms with E-state index in [9.17, 15) is 14.7 Å². The molecule has 7 heteroatoms. The van der Waals surface area contributed by atoms with E-state index >= 15 is 0 Å². The minimum Gasteiger partial charge on any atom is -0.489 e. The van der Waals surface area contributed by atoms with Crippen molar-refractivity contribution in [1.29, 1.82) is 0 Å². The maximum Gasteiger partial charge on any atom is 0.339 e. The second-order valence-electron chi connectivity index (χ2n) is 8.99. The van der Waals surface area contributed by atoms with Crippen molar-refractivity contribution in [2.24, 2.45) is 10.9 Å². The van der Waals surface area contributed by atoms with Gasteiger partial charge in [0.05, 0.1) is 23.3 Å². The molecule has 0 aliphatic carbocycles. The van der Waals surface area contributed by atoms with E-state index in [4.69, 9.17) is 9.47 Å². The number of aliphatic carboxylic acids is 1. The highest BCUT2D eigenvalue weighted by atomic mass is 16.5. The maximum atomic E-state index is 13.7. The molecule has 3 aliphatic rings. The third kappa shape index (κ3) is 5.05. The van der Waals surface area contributed by atoms with Gasteiger partial charge in [-0.15, -0.1) is 0 Å². The lowest BCUT2D eigenvalue weighted by Crippen LogP contribution is -2.37. The minimum absolute atomic E-state index is 0.00858. The second-order valence-corrected chi connectivity index (χ2v) is 8.99. The van der Waals surface area contributed by atoms with Crippen molar-refractivity contribution in [1.82, 2.24) is 5.32 Å². The van der Waals surface area contributed by atoms with Gasteiger partial charge in [-0.3, -0.25) is 9.79 Å². The van der Waals surface area contributed by atoms with E-state index in [1.54, 1.807) is 0 Å². The molecule has 0 bridgehead atoms. The van der Waals surface area contributed by atoms with Crippen LogP contribution in [-0.4, -0.2) is 42.3 Å². The number of Topliss-reactive ketones (excluding diaryl/α,β-unsaturated/α-hetero) is 1. The van der Waals surface area contributed by atoms with Gasteiger partial charge in [0.25, 0.3) is 0 Å². The van der Waals surface area contributed by atoms with Crippen LogP contribution in [0.25, 0.3) is 5.70 Å². The molecule has 1 saturated heterocycles. The fourth-order valence-electron chi connectivity index (χ4n) is 4.83. The van der Waals surface area contributed by atoms with Crippen LogP contribution in [0.2, 0.25) is 0 Å². The summed E-state index contributed by atoms with van der Waals surface area (Å²) >= 11 is 0. The van der Waals surface area contributed by atoms with Gasteiger partial charge in [0, 0.05) is 37.1 Å². The average molecular weight is 473 g/mol. The number of benzene rings is 2. The molecule has 3 heterocycles. The summed E-state index contributed by atoms with van der Waals surface area (Å²) in [7, 11) is 0. The molecule has 0 aromatic heterocycles. The molecule has 0 radical (unpaired) electrons. The van der Waals surface area contributed by atoms with Gasteiger partial charge in [0.1, 0.15) is 12.4 Å². The topological polar surface area (TPSA) is 97.2 Å². The second kappa shape index (κ2) is 10.3. The Balaban J connectivity index is 1.48. The molecular weight excluding hydrogens is 444 g/mol. The fourth-order valence-corrected chi connectivity index (χ4v) is 4.83. The van der Waals surface area contributed by atoms with Crippen LogP contribution < -0.4 is 10.1 Å². The lowest BCUT2D eigenvalue weighted by Gasteiger charge is -2.31. The first-order chi connectivity index (χ1) is 17.1. The molecule has 0 spiro atoms. The van der Waals surface area contributed by atoms with Gasteiger partial charge in [0.15, 0.2) is 5.78 Å². The highest BCUT2D eigenvalue weighted by molar-refractivity contribution is 6.14. The Hall–Kier alpha value is -3.71. The molecule has 0 saturated carbocycles. The lowest BCUT2D eigenvalue weighted by atomic mass is 9.82. The Morgan fingerprint density at radius 2 is 1.91 bits per heavy atom. The standard InChI is InChI=1S/C28H28N2O5/c31-27-22-12-13-29-16-24(28(32)33)26(22)30-25(23(27)15-21-7-4-14-34-21)19-8-10-20(11-9-19)35-17-18-5-2-1-3-6-18/h1-3,5-6,8-11,16,21-22,30H,4,7,12-15,17H2,(H,32,33). The van der Waals surface area contributed by atoms with E-state index in [0.29, 0.717) is 55.3 Å². The SMILES string of the molecule is O=C(O)C1=C2NC(c3ccc(OCc4ccccc4)cc3)=C(CC3CCCO3)C(=O)C2CCN=C1. The van der Waals surface area contributed by atoms with Crippen molar-refractivity contribution >= 4 is 23.7 Å². The first-order valence-electron chi connectivity index (χ1n) is 12.0. The zero-order valence-corrected chi connectivity index (χ0v) is 19.4. The maximum absolute atomic E-state index is 13.7. The number of carboxylic acid groups (broad SMARTS) is 1. The summed E-state index contributed by atoms with van der Waals surface area (Å²) < 4.78 is 11.7. The zero-order valence-electron chi connectivity index (χ0n) is 19.4. The number of hydrogen-bond donors (Lipinski definition) is 2. The average Bonchev–Trinajstić information content (AvgIpc) is 3.29. The molecule has 2 atom stereocenters. The number of nitrogens with zero attached hydrogens (tertiary/aromatic N) is 1. The van der Waals surface area contributed by atoms with Crippen LogP contribution in [0.5, 0.6) is 5.75 Å². The normalized spacial score (nSPS) is 22.0. The molecule has 3 aliphatic heterocycles. The molecule has 35 heavy (non-hydrogen) atoms. The molecule has 2 unspecified atom stereocenters. The number of ketones is 1. The van der Waals surface area contributed by atoms with Crippen LogP contribution in [0.4, 0.5) is 0 Å². The molecule has 2 aromatic rings. The first-order valence-corrected chi connectivity index (χ1v) is 12.0. The molecule has 5 rings (SSSR count). The molecule has 2 N–H and O–H groups in total. The Labute approximate surface area is 204 Å². The summed E-state index contributed by atoms with van der Waals surface area (Å²) in [6, 6.07) is 17.5. The number of carbonyl (C=O) groups excluding carboxylic acids is 1. The molecule has 0 amide bonds. The highest BCUT2D eigenvalue weighted by Gasteiger charge is 2.38. The summed E-state index contributed by atoms with van der Waals surface area (Å²) in [5.74, 6) is -0.969. The molecule has 180 valence electrons. The van der Waals surface area contributed by atoms with Gasteiger partial charge in [-0.25, -0.2) is 4.79 Å². The summed E-state index contributed by atoms with van der Waals surface area (Å²) in [5, 5.41) is 13.1. The van der Waals surface area contributed by atoms with Crippen molar-refractivity contribution in [2.45, 2.75) is 38.4 Å². The van der Waals surface area contributed by atoms with Gasteiger partial charge in [-0.2, -0.15) is 0 Å². The van der Waals surface area contributed by atoms with E-state index in [0.717, 1.165) is 24.0 Å². The van der Waals surface area contributed by atoms with Crippen LogP contribution in [0.15, 0.2) is 76.4 Å². The van der Waals surface area contributed by atoms with Crippen LogP contribution in [-0.2, 0) is 20.9 Å². The van der Waals surface area contributed by atoms with E-state index in [1.165, 1.54) is 6.21 Å². The molecule has 2 aromatic carbocycles. The number of hydrogen-bond acceptors (Lipinski definition) is 6. The fraction of sp³-hybridized carbons (Fsp3) is 0.321. The lowest BCUT2D eigenvalue weighted by molar-refractivity contribution is -0.132. The van der Waals surface area contributed by atoms with Crippen molar-refractivity contribution in [2.75, 3.05) is 13.2 Å². The van der Waals surface area contributed by atoms with Crippen LogP contribution in [0.1, 0.15) is 36.8 Å². The number of nitrogens with one attached hydrogen (secondary N) is 1. The van der Waals surface area contributed by atoms with Crippen molar-refractivity contribution < 1.29 is 24.2 Å². The Kier molecular flexibility index (Phi) is 6.77. The van der Waals surface area contributed by atoms with Crippen molar-refractivity contribution in [3.63, 3.8) is 0 Å². The smallest absolute Gasteiger partial charge is 0.339 e. The van der Waals surface area contributed by atoms with Crippen molar-refractivity contribution in [3.05, 3.63) is 82.6 Å². The number of fused-ring (bicyclic) bond motifs is 1. The predicted octanol–water partition coefficient (Wildman–Crippen LogP) is 4.15. The Bertz CT molecular complexity index is 1190. The van der Waals surface area contributed by atoms with Crippen LogP contribution >= 0.6 is 0 Å².